The first-order chi connectivity index (χ1) is 9.65. The third-order valence-corrected chi connectivity index (χ3v) is 5.09. The molecule has 1 aliphatic rings. The normalized spacial score (nSPS) is 15.1. The number of nitrogens with two attached hydrogens (primary N) is 1. The lowest BCUT2D eigenvalue weighted by Crippen LogP contribution is -1.98. The van der Waals surface area contributed by atoms with E-state index < -0.39 is 0 Å². The summed E-state index contributed by atoms with van der Waals surface area (Å²) in [6.45, 7) is 4.17. The summed E-state index contributed by atoms with van der Waals surface area (Å²) in [6.07, 6.45) is 2.49. The SMILES string of the molecule is Cc1ccc2c(c1)nc(-c1scc(C)c1N)n2C1CC1. The minimum atomic E-state index is 0.597. The molecule has 0 aliphatic heterocycles. The predicted molar refractivity (Wildman–Crippen MR) is 85.2 cm³/mol. The second kappa shape index (κ2) is 4.09. The molecule has 3 aromatic rings. The van der Waals surface area contributed by atoms with Gasteiger partial charge in [0.25, 0.3) is 0 Å². The lowest BCUT2D eigenvalue weighted by atomic mass is 10.2. The number of nitrogens with zero attached hydrogens (tertiary/aromatic N) is 2. The van der Waals surface area contributed by atoms with Crippen molar-refractivity contribution in [2.45, 2.75) is 32.7 Å². The first-order valence-corrected chi connectivity index (χ1v) is 7.85. The van der Waals surface area contributed by atoms with E-state index in [4.69, 9.17) is 10.7 Å². The summed E-state index contributed by atoms with van der Waals surface area (Å²) in [7, 11) is 0. The lowest BCUT2D eigenvalue weighted by molar-refractivity contribution is 0.777. The van der Waals surface area contributed by atoms with Gasteiger partial charge in [0.1, 0.15) is 0 Å². The third-order valence-electron chi connectivity index (χ3n) is 3.98. The number of aryl methyl sites for hydroxylation is 2. The summed E-state index contributed by atoms with van der Waals surface area (Å²) in [5, 5.41) is 2.12. The number of thiophene rings is 1. The number of nitrogen functional groups attached to an aromatic ring is 1. The molecule has 0 unspecified atom stereocenters. The zero-order chi connectivity index (χ0) is 13.9. The summed E-state index contributed by atoms with van der Waals surface area (Å²) >= 11 is 1.70. The van der Waals surface area contributed by atoms with Gasteiger partial charge in [-0.15, -0.1) is 11.3 Å². The molecule has 4 rings (SSSR count). The van der Waals surface area contributed by atoms with Crippen LogP contribution < -0.4 is 5.73 Å². The molecule has 102 valence electrons. The van der Waals surface area contributed by atoms with Gasteiger partial charge in [0, 0.05) is 6.04 Å². The summed E-state index contributed by atoms with van der Waals surface area (Å²) in [6, 6.07) is 7.11. The number of rotatable bonds is 2. The standard InChI is InChI=1S/C16H17N3S/c1-9-3-6-13-12(7-9)18-16(19(13)11-4-5-11)15-14(17)10(2)8-20-15/h3,6-8,11H,4-5,17H2,1-2H3. The number of hydrogen-bond acceptors (Lipinski definition) is 3. The van der Waals surface area contributed by atoms with Crippen LogP contribution in [-0.2, 0) is 0 Å². The second-order valence-corrected chi connectivity index (χ2v) is 6.57. The number of hydrogen-bond donors (Lipinski definition) is 1. The van der Waals surface area contributed by atoms with E-state index >= 15 is 0 Å². The largest absolute Gasteiger partial charge is 0.397 e. The summed E-state index contributed by atoms with van der Waals surface area (Å²) in [5.74, 6) is 1.05. The van der Waals surface area contributed by atoms with Gasteiger partial charge in [-0.1, -0.05) is 6.07 Å². The van der Waals surface area contributed by atoms with Crippen molar-refractivity contribution in [1.29, 1.82) is 0 Å². The molecule has 1 aromatic carbocycles. The van der Waals surface area contributed by atoms with Crippen molar-refractivity contribution in [2.24, 2.45) is 0 Å². The van der Waals surface area contributed by atoms with Crippen LogP contribution in [0.3, 0.4) is 0 Å². The molecule has 0 atom stereocenters. The fourth-order valence-electron chi connectivity index (χ4n) is 2.70. The van der Waals surface area contributed by atoms with E-state index in [1.807, 2.05) is 0 Å². The van der Waals surface area contributed by atoms with Gasteiger partial charge in [-0.25, -0.2) is 4.98 Å². The maximum absolute atomic E-state index is 6.23. The molecule has 0 saturated heterocycles. The molecule has 1 fully saturated rings. The van der Waals surface area contributed by atoms with Gasteiger partial charge in [0.2, 0.25) is 0 Å². The Kier molecular flexibility index (Phi) is 2.45. The number of imidazole rings is 1. The van der Waals surface area contributed by atoms with E-state index in [1.165, 1.54) is 23.9 Å². The molecule has 1 saturated carbocycles. The van der Waals surface area contributed by atoms with Crippen molar-refractivity contribution in [3.8, 4) is 10.7 Å². The van der Waals surface area contributed by atoms with Crippen molar-refractivity contribution in [3.63, 3.8) is 0 Å². The topological polar surface area (TPSA) is 43.8 Å². The Hall–Kier alpha value is -1.81. The molecule has 2 aromatic heterocycles. The fourth-order valence-corrected chi connectivity index (χ4v) is 3.66. The van der Waals surface area contributed by atoms with Crippen LogP contribution in [0.25, 0.3) is 21.7 Å². The van der Waals surface area contributed by atoms with Crippen LogP contribution in [-0.4, -0.2) is 9.55 Å². The van der Waals surface area contributed by atoms with Gasteiger partial charge in [0.15, 0.2) is 5.82 Å². The quantitative estimate of drug-likeness (QED) is 0.762. The van der Waals surface area contributed by atoms with Crippen molar-refractivity contribution < 1.29 is 0 Å². The zero-order valence-corrected chi connectivity index (χ0v) is 12.5. The van der Waals surface area contributed by atoms with Gasteiger partial charge >= 0.3 is 0 Å². The summed E-state index contributed by atoms with van der Waals surface area (Å²) in [4.78, 5) is 5.99. The Morgan fingerprint density at radius 3 is 2.75 bits per heavy atom. The first kappa shape index (κ1) is 12.0. The third kappa shape index (κ3) is 1.68. The number of benzene rings is 1. The van der Waals surface area contributed by atoms with E-state index in [0.717, 1.165) is 27.5 Å². The van der Waals surface area contributed by atoms with Crippen molar-refractivity contribution >= 4 is 28.1 Å². The Bertz CT molecular complexity index is 809. The highest BCUT2D eigenvalue weighted by molar-refractivity contribution is 7.14. The Morgan fingerprint density at radius 1 is 1.30 bits per heavy atom. The van der Waals surface area contributed by atoms with Crippen molar-refractivity contribution in [2.75, 3.05) is 5.73 Å². The molecule has 0 amide bonds. The highest BCUT2D eigenvalue weighted by Gasteiger charge is 2.29. The Balaban J connectivity index is 2.03. The fraction of sp³-hybridized carbons (Fsp3) is 0.312. The molecule has 3 nitrogen and oxygen atoms in total. The van der Waals surface area contributed by atoms with E-state index in [0.29, 0.717) is 6.04 Å². The number of fused-ring (bicyclic) bond motifs is 1. The highest BCUT2D eigenvalue weighted by atomic mass is 32.1. The molecular formula is C16H17N3S. The predicted octanol–water partition coefficient (Wildman–Crippen LogP) is 4.30. The van der Waals surface area contributed by atoms with E-state index in [-0.39, 0.29) is 0 Å². The van der Waals surface area contributed by atoms with Crippen LogP contribution in [0.15, 0.2) is 23.6 Å². The van der Waals surface area contributed by atoms with Crippen LogP contribution in [0.5, 0.6) is 0 Å². The Labute approximate surface area is 122 Å². The molecule has 20 heavy (non-hydrogen) atoms. The minimum Gasteiger partial charge on any atom is -0.397 e. The van der Waals surface area contributed by atoms with Gasteiger partial charge < -0.3 is 10.3 Å². The van der Waals surface area contributed by atoms with Gasteiger partial charge in [-0.3, -0.25) is 0 Å². The van der Waals surface area contributed by atoms with E-state index in [1.54, 1.807) is 11.3 Å². The maximum Gasteiger partial charge on any atom is 0.153 e. The second-order valence-electron chi connectivity index (χ2n) is 5.69. The van der Waals surface area contributed by atoms with Crippen LogP contribution in [0.4, 0.5) is 5.69 Å². The van der Waals surface area contributed by atoms with Gasteiger partial charge in [-0.2, -0.15) is 0 Å². The maximum atomic E-state index is 6.23. The Morgan fingerprint density at radius 2 is 2.10 bits per heavy atom. The average molecular weight is 283 g/mol. The molecule has 0 spiro atoms. The smallest absolute Gasteiger partial charge is 0.153 e. The molecular weight excluding hydrogens is 266 g/mol. The van der Waals surface area contributed by atoms with Crippen molar-refractivity contribution in [3.05, 3.63) is 34.7 Å². The van der Waals surface area contributed by atoms with Gasteiger partial charge in [-0.05, 0) is 55.3 Å². The van der Waals surface area contributed by atoms with Crippen LogP contribution >= 0.6 is 11.3 Å². The van der Waals surface area contributed by atoms with Gasteiger partial charge in [0.05, 0.1) is 21.6 Å². The average Bonchev–Trinajstić information content (AvgIpc) is 3.12. The molecule has 2 heterocycles. The lowest BCUT2D eigenvalue weighted by Gasteiger charge is -2.07. The molecule has 1 aliphatic carbocycles. The van der Waals surface area contributed by atoms with Crippen LogP contribution in [0.2, 0.25) is 0 Å². The van der Waals surface area contributed by atoms with E-state index in [2.05, 4.69) is 42.0 Å². The van der Waals surface area contributed by atoms with Crippen LogP contribution in [0.1, 0.15) is 30.0 Å². The monoisotopic (exact) mass is 283 g/mol. The molecule has 4 heteroatoms. The van der Waals surface area contributed by atoms with Crippen LogP contribution in [0, 0.1) is 13.8 Å². The molecule has 0 radical (unpaired) electrons. The first-order valence-electron chi connectivity index (χ1n) is 6.97. The highest BCUT2D eigenvalue weighted by Crippen LogP contribution is 2.44. The summed E-state index contributed by atoms with van der Waals surface area (Å²) in [5.41, 5.74) is 11.8. The molecule has 0 bridgehead atoms. The number of anilines is 1. The minimum absolute atomic E-state index is 0.597. The van der Waals surface area contributed by atoms with E-state index in [9.17, 15) is 0 Å². The summed E-state index contributed by atoms with van der Waals surface area (Å²) < 4.78 is 2.39. The number of aromatic nitrogens is 2. The van der Waals surface area contributed by atoms with Crippen molar-refractivity contribution in [1.82, 2.24) is 9.55 Å². The molecule has 2 N–H and O–H groups in total. The zero-order valence-electron chi connectivity index (χ0n) is 11.7.